The van der Waals surface area contributed by atoms with Crippen molar-refractivity contribution < 1.29 is 22.7 Å². The Morgan fingerprint density at radius 2 is 1.76 bits per heavy atom. The van der Waals surface area contributed by atoms with Gasteiger partial charge in [-0.25, -0.2) is 8.42 Å². The van der Waals surface area contributed by atoms with Gasteiger partial charge in [0.25, 0.3) is 0 Å². The number of hydrogen-bond donors (Lipinski definition) is 1. The lowest BCUT2D eigenvalue weighted by Crippen LogP contribution is -2.49. The first kappa shape index (κ1) is 27.2. The number of amides is 2. The number of anilines is 1. The largest absolute Gasteiger partial charge is 0.497 e. The second-order valence-corrected chi connectivity index (χ2v) is 9.87. The van der Waals surface area contributed by atoms with E-state index in [4.69, 9.17) is 4.74 Å². The van der Waals surface area contributed by atoms with Crippen LogP contribution in [0.25, 0.3) is 0 Å². The van der Waals surface area contributed by atoms with Crippen molar-refractivity contribution in [2.24, 2.45) is 0 Å². The van der Waals surface area contributed by atoms with Crippen LogP contribution in [0.1, 0.15) is 38.7 Å². The molecule has 0 bridgehead atoms. The average Bonchev–Trinajstić information content (AvgIpc) is 2.81. The molecule has 2 rings (SSSR count). The second-order valence-electron chi connectivity index (χ2n) is 7.97. The van der Waals surface area contributed by atoms with Crippen molar-refractivity contribution in [3.8, 4) is 5.75 Å². The SMILES string of the molecule is CCNC(=O)[C@@H](CC)N(Cc1ccccc1)C(=O)CCCN(c1cccc(OC)c1)S(C)(=O)=O. The summed E-state index contributed by atoms with van der Waals surface area (Å²) in [6.07, 6.45) is 2.03. The van der Waals surface area contributed by atoms with Gasteiger partial charge in [0, 0.05) is 32.1 Å². The summed E-state index contributed by atoms with van der Waals surface area (Å²) in [5.41, 5.74) is 1.40. The fraction of sp³-hybridized carbons (Fsp3) is 0.440. The van der Waals surface area contributed by atoms with Gasteiger partial charge in [-0.1, -0.05) is 43.3 Å². The summed E-state index contributed by atoms with van der Waals surface area (Å²) >= 11 is 0. The lowest BCUT2D eigenvalue weighted by molar-refractivity contribution is -0.141. The van der Waals surface area contributed by atoms with E-state index in [0.29, 0.717) is 37.4 Å². The van der Waals surface area contributed by atoms with Crippen molar-refractivity contribution in [3.05, 3.63) is 60.2 Å². The first-order valence-electron chi connectivity index (χ1n) is 11.4. The molecule has 1 atom stereocenters. The maximum atomic E-state index is 13.3. The maximum Gasteiger partial charge on any atom is 0.242 e. The molecule has 0 unspecified atom stereocenters. The number of sulfonamides is 1. The van der Waals surface area contributed by atoms with Crippen LogP contribution in [-0.4, -0.2) is 57.6 Å². The van der Waals surface area contributed by atoms with E-state index in [-0.39, 0.29) is 24.8 Å². The highest BCUT2D eigenvalue weighted by atomic mass is 32.2. The molecule has 0 spiro atoms. The zero-order chi connectivity index (χ0) is 25.1. The summed E-state index contributed by atoms with van der Waals surface area (Å²) in [4.78, 5) is 27.5. The number of likely N-dealkylation sites (N-methyl/N-ethyl adjacent to an activating group) is 1. The number of carbonyl (C=O) groups is 2. The zero-order valence-electron chi connectivity index (χ0n) is 20.4. The van der Waals surface area contributed by atoms with Crippen LogP contribution in [0.4, 0.5) is 5.69 Å². The molecule has 0 saturated carbocycles. The third kappa shape index (κ3) is 7.76. The van der Waals surface area contributed by atoms with Crippen molar-refractivity contribution in [2.75, 3.05) is 30.8 Å². The summed E-state index contributed by atoms with van der Waals surface area (Å²) in [6.45, 7) is 4.63. The molecule has 8 nitrogen and oxygen atoms in total. The van der Waals surface area contributed by atoms with Gasteiger partial charge in [0.05, 0.1) is 19.1 Å². The Morgan fingerprint density at radius 3 is 2.35 bits per heavy atom. The fourth-order valence-electron chi connectivity index (χ4n) is 3.76. The van der Waals surface area contributed by atoms with E-state index in [0.717, 1.165) is 11.8 Å². The van der Waals surface area contributed by atoms with Gasteiger partial charge in [-0.15, -0.1) is 0 Å². The van der Waals surface area contributed by atoms with Crippen LogP contribution in [0.3, 0.4) is 0 Å². The van der Waals surface area contributed by atoms with E-state index in [1.54, 1.807) is 29.2 Å². The predicted molar refractivity (Wildman–Crippen MR) is 134 cm³/mol. The number of rotatable bonds is 13. The van der Waals surface area contributed by atoms with Crippen LogP contribution in [-0.2, 0) is 26.2 Å². The molecule has 0 heterocycles. The highest BCUT2D eigenvalue weighted by Crippen LogP contribution is 2.24. The van der Waals surface area contributed by atoms with Crippen molar-refractivity contribution in [1.82, 2.24) is 10.2 Å². The van der Waals surface area contributed by atoms with E-state index in [2.05, 4.69) is 5.32 Å². The van der Waals surface area contributed by atoms with Crippen LogP contribution in [0, 0.1) is 0 Å². The number of nitrogens with one attached hydrogen (secondary N) is 1. The van der Waals surface area contributed by atoms with E-state index >= 15 is 0 Å². The molecular weight excluding hydrogens is 454 g/mol. The average molecular weight is 490 g/mol. The lowest BCUT2D eigenvalue weighted by atomic mass is 10.1. The molecule has 0 aliphatic carbocycles. The van der Waals surface area contributed by atoms with E-state index < -0.39 is 16.1 Å². The number of carbonyl (C=O) groups excluding carboxylic acids is 2. The smallest absolute Gasteiger partial charge is 0.242 e. The summed E-state index contributed by atoms with van der Waals surface area (Å²) < 4.78 is 31.3. The van der Waals surface area contributed by atoms with Crippen LogP contribution in [0.15, 0.2) is 54.6 Å². The number of methoxy groups -OCH3 is 1. The number of ether oxygens (including phenoxy) is 1. The minimum atomic E-state index is -3.56. The Morgan fingerprint density at radius 1 is 1.06 bits per heavy atom. The van der Waals surface area contributed by atoms with Gasteiger partial charge in [0.1, 0.15) is 11.8 Å². The molecule has 0 aliphatic heterocycles. The Hall–Kier alpha value is -3.07. The minimum absolute atomic E-state index is 0.110. The van der Waals surface area contributed by atoms with Crippen molar-refractivity contribution in [3.63, 3.8) is 0 Å². The molecule has 2 amide bonds. The third-order valence-electron chi connectivity index (χ3n) is 5.43. The summed E-state index contributed by atoms with van der Waals surface area (Å²) in [7, 11) is -2.05. The number of benzene rings is 2. The maximum absolute atomic E-state index is 13.3. The zero-order valence-corrected chi connectivity index (χ0v) is 21.2. The molecule has 186 valence electrons. The quantitative estimate of drug-likeness (QED) is 0.466. The Labute approximate surface area is 202 Å². The lowest BCUT2D eigenvalue weighted by Gasteiger charge is -2.31. The summed E-state index contributed by atoms with van der Waals surface area (Å²) in [5.74, 6) is 0.161. The number of nitrogens with zero attached hydrogens (tertiary/aromatic N) is 2. The van der Waals surface area contributed by atoms with Crippen molar-refractivity contribution >= 4 is 27.5 Å². The van der Waals surface area contributed by atoms with Crippen LogP contribution in [0.2, 0.25) is 0 Å². The van der Waals surface area contributed by atoms with Gasteiger partial charge < -0.3 is 15.0 Å². The Bertz CT molecular complexity index is 1040. The molecule has 2 aromatic carbocycles. The normalized spacial score (nSPS) is 12.0. The van der Waals surface area contributed by atoms with Gasteiger partial charge in [0.15, 0.2) is 0 Å². The number of hydrogen-bond acceptors (Lipinski definition) is 5. The molecule has 34 heavy (non-hydrogen) atoms. The molecule has 0 aliphatic rings. The van der Waals surface area contributed by atoms with E-state index in [1.165, 1.54) is 11.4 Å². The molecule has 0 saturated heterocycles. The summed E-state index contributed by atoms with van der Waals surface area (Å²) in [5, 5.41) is 2.81. The predicted octanol–water partition coefficient (Wildman–Crippen LogP) is 3.18. The van der Waals surface area contributed by atoms with Crippen LogP contribution in [0.5, 0.6) is 5.75 Å². The van der Waals surface area contributed by atoms with Gasteiger partial charge >= 0.3 is 0 Å². The highest BCUT2D eigenvalue weighted by molar-refractivity contribution is 7.92. The second kappa shape index (κ2) is 13.0. The molecule has 0 aromatic heterocycles. The topological polar surface area (TPSA) is 96.0 Å². The van der Waals surface area contributed by atoms with Gasteiger partial charge in [-0.05, 0) is 37.5 Å². The first-order chi connectivity index (χ1) is 16.2. The van der Waals surface area contributed by atoms with E-state index in [9.17, 15) is 18.0 Å². The molecule has 2 aromatic rings. The molecule has 9 heteroatoms. The Balaban J connectivity index is 2.18. The Kier molecular flexibility index (Phi) is 10.4. The monoisotopic (exact) mass is 489 g/mol. The van der Waals surface area contributed by atoms with Crippen molar-refractivity contribution in [1.29, 1.82) is 0 Å². The van der Waals surface area contributed by atoms with Gasteiger partial charge in [-0.2, -0.15) is 0 Å². The van der Waals surface area contributed by atoms with Crippen LogP contribution < -0.4 is 14.4 Å². The van der Waals surface area contributed by atoms with Gasteiger partial charge in [0.2, 0.25) is 21.8 Å². The summed E-state index contributed by atoms with van der Waals surface area (Å²) in [6, 6.07) is 15.7. The van der Waals surface area contributed by atoms with Gasteiger partial charge in [-0.3, -0.25) is 13.9 Å². The third-order valence-corrected chi connectivity index (χ3v) is 6.62. The highest BCUT2D eigenvalue weighted by Gasteiger charge is 2.28. The molecule has 1 N–H and O–H groups in total. The molecule has 0 fully saturated rings. The van der Waals surface area contributed by atoms with Crippen LogP contribution >= 0.6 is 0 Å². The standard InChI is InChI=1S/C25H35N3O5S/c1-5-23(25(30)26-6-2)27(19-20-12-8-7-9-13-20)24(29)16-11-17-28(34(4,31)32)21-14-10-15-22(18-21)33-3/h7-10,12-15,18,23H,5-6,11,16-17,19H2,1-4H3,(H,26,30)/t23-/m1/s1. The first-order valence-corrected chi connectivity index (χ1v) is 13.3. The fourth-order valence-corrected chi connectivity index (χ4v) is 4.72. The molecular formula is C25H35N3O5S. The molecule has 0 radical (unpaired) electrons. The van der Waals surface area contributed by atoms with E-state index in [1.807, 2.05) is 44.2 Å². The van der Waals surface area contributed by atoms with Crippen molar-refractivity contribution in [2.45, 2.75) is 45.7 Å². The minimum Gasteiger partial charge on any atom is -0.497 e.